The SMILES string of the molecule is COc1cccc(F)c1[C@H]1OC(=O)NC1=O. The van der Waals surface area contributed by atoms with Crippen molar-refractivity contribution in [2.24, 2.45) is 0 Å². The van der Waals surface area contributed by atoms with Gasteiger partial charge in [0.15, 0.2) is 0 Å². The largest absolute Gasteiger partial charge is 0.496 e. The van der Waals surface area contributed by atoms with Gasteiger partial charge in [-0.05, 0) is 12.1 Å². The minimum atomic E-state index is -1.29. The van der Waals surface area contributed by atoms with Gasteiger partial charge in [0.1, 0.15) is 11.6 Å². The summed E-state index contributed by atoms with van der Waals surface area (Å²) >= 11 is 0. The Morgan fingerprint density at radius 3 is 2.75 bits per heavy atom. The van der Waals surface area contributed by atoms with E-state index in [1.165, 1.54) is 19.2 Å². The Hall–Kier alpha value is -2.11. The van der Waals surface area contributed by atoms with Crippen LogP contribution in [0.5, 0.6) is 5.75 Å². The second-order valence-electron chi connectivity index (χ2n) is 3.13. The average molecular weight is 225 g/mol. The number of benzene rings is 1. The smallest absolute Gasteiger partial charge is 0.415 e. The molecule has 0 aliphatic carbocycles. The van der Waals surface area contributed by atoms with E-state index in [4.69, 9.17) is 4.74 Å². The Balaban J connectivity index is 2.47. The maximum absolute atomic E-state index is 13.5. The van der Waals surface area contributed by atoms with E-state index in [0.29, 0.717) is 0 Å². The number of amides is 2. The first-order valence-corrected chi connectivity index (χ1v) is 4.47. The number of methoxy groups -OCH3 is 1. The lowest BCUT2D eigenvalue weighted by Gasteiger charge is -2.12. The van der Waals surface area contributed by atoms with Crippen LogP contribution in [0.1, 0.15) is 11.7 Å². The summed E-state index contributed by atoms with van der Waals surface area (Å²) in [5.74, 6) is -1.20. The van der Waals surface area contributed by atoms with Crippen LogP contribution in [-0.2, 0) is 9.53 Å². The number of carbonyl (C=O) groups excluding carboxylic acids is 2. The number of halogens is 1. The molecular weight excluding hydrogens is 217 g/mol. The van der Waals surface area contributed by atoms with E-state index in [2.05, 4.69) is 4.74 Å². The Kier molecular flexibility index (Phi) is 2.47. The van der Waals surface area contributed by atoms with Gasteiger partial charge in [-0.2, -0.15) is 0 Å². The molecule has 1 aromatic rings. The summed E-state index contributed by atoms with van der Waals surface area (Å²) in [4.78, 5) is 22.2. The molecule has 0 saturated carbocycles. The third-order valence-electron chi connectivity index (χ3n) is 2.18. The minimum Gasteiger partial charge on any atom is -0.496 e. The van der Waals surface area contributed by atoms with Crippen molar-refractivity contribution in [3.63, 3.8) is 0 Å². The highest BCUT2D eigenvalue weighted by Crippen LogP contribution is 2.32. The molecule has 1 aromatic carbocycles. The zero-order chi connectivity index (χ0) is 11.7. The quantitative estimate of drug-likeness (QED) is 0.819. The lowest BCUT2D eigenvalue weighted by Crippen LogP contribution is -2.21. The molecule has 84 valence electrons. The van der Waals surface area contributed by atoms with Crippen molar-refractivity contribution in [1.29, 1.82) is 0 Å². The summed E-state index contributed by atoms with van der Waals surface area (Å²) in [5.41, 5.74) is -0.0756. The molecule has 1 saturated heterocycles. The van der Waals surface area contributed by atoms with Crippen molar-refractivity contribution in [2.75, 3.05) is 7.11 Å². The summed E-state index contributed by atoms with van der Waals surface area (Å²) in [7, 11) is 1.34. The number of hydrogen-bond acceptors (Lipinski definition) is 4. The molecule has 1 atom stereocenters. The molecule has 6 heteroatoms. The molecule has 5 nitrogen and oxygen atoms in total. The molecule has 1 aliphatic heterocycles. The fraction of sp³-hybridized carbons (Fsp3) is 0.200. The standard InChI is InChI=1S/C10H8FNO4/c1-15-6-4-2-3-5(11)7(6)8-9(13)12-10(14)16-8/h2-4,8H,1H3,(H,12,13,14)/t8-/m1/s1. The third kappa shape index (κ3) is 1.58. The number of ether oxygens (including phenoxy) is 2. The molecule has 1 aliphatic rings. The van der Waals surface area contributed by atoms with Gasteiger partial charge in [-0.3, -0.25) is 10.1 Å². The van der Waals surface area contributed by atoms with E-state index in [0.717, 1.165) is 6.07 Å². The highest BCUT2D eigenvalue weighted by Gasteiger charge is 2.37. The molecule has 1 N–H and O–H groups in total. The number of rotatable bonds is 2. The van der Waals surface area contributed by atoms with Crippen LogP contribution >= 0.6 is 0 Å². The minimum absolute atomic E-state index is 0.0756. The van der Waals surface area contributed by atoms with E-state index < -0.39 is 23.9 Å². The van der Waals surface area contributed by atoms with Gasteiger partial charge >= 0.3 is 6.09 Å². The molecule has 1 fully saturated rings. The van der Waals surface area contributed by atoms with Crippen LogP contribution < -0.4 is 10.1 Å². The molecule has 0 bridgehead atoms. The van der Waals surface area contributed by atoms with Gasteiger partial charge in [0.05, 0.1) is 12.7 Å². The molecule has 2 amide bonds. The first-order chi connectivity index (χ1) is 7.63. The molecule has 16 heavy (non-hydrogen) atoms. The number of nitrogens with one attached hydrogen (secondary N) is 1. The first-order valence-electron chi connectivity index (χ1n) is 4.47. The van der Waals surface area contributed by atoms with Gasteiger partial charge < -0.3 is 9.47 Å². The van der Waals surface area contributed by atoms with Crippen LogP contribution in [0.4, 0.5) is 9.18 Å². The zero-order valence-electron chi connectivity index (χ0n) is 8.32. The van der Waals surface area contributed by atoms with E-state index in [-0.39, 0.29) is 11.3 Å². The third-order valence-corrected chi connectivity index (χ3v) is 2.18. The molecule has 0 aromatic heterocycles. The van der Waals surface area contributed by atoms with Crippen molar-refractivity contribution in [2.45, 2.75) is 6.10 Å². The summed E-state index contributed by atoms with van der Waals surface area (Å²) in [6, 6.07) is 4.08. The molecular formula is C10H8FNO4. The van der Waals surface area contributed by atoms with Gasteiger partial charge in [0, 0.05) is 0 Å². The molecule has 0 radical (unpaired) electrons. The number of hydrogen-bond donors (Lipinski definition) is 1. The Morgan fingerprint density at radius 1 is 1.44 bits per heavy atom. The van der Waals surface area contributed by atoms with Crippen LogP contribution in [0.15, 0.2) is 18.2 Å². The number of alkyl carbamates (subject to hydrolysis) is 1. The summed E-state index contributed by atoms with van der Waals surface area (Å²) in [6.45, 7) is 0. The Bertz CT molecular complexity index is 460. The van der Waals surface area contributed by atoms with Crippen molar-refractivity contribution < 1.29 is 23.5 Å². The maximum Gasteiger partial charge on any atom is 0.415 e. The fourth-order valence-electron chi connectivity index (χ4n) is 1.50. The second kappa shape index (κ2) is 3.80. The lowest BCUT2D eigenvalue weighted by molar-refractivity contribution is -0.123. The predicted molar refractivity (Wildman–Crippen MR) is 50.3 cm³/mol. The molecule has 0 spiro atoms. The number of carbonyl (C=O) groups is 2. The van der Waals surface area contributed by atoms with Gasteiger partial charge in [-0.1, -0.05) is 6.07 Å². The Labute approximate surface area is 90.2 Å². The number of imide groups is 1. The second-order valence-corrected chi connectivity index (χ2v) is 3.13. The van der Waals surface area contributed by atoms with Crippen molar-refractivity contribution in [1.82, 2.24) is 5.32 Å². The van der Waals surface area contributed by atoms with Crippen LogP contribution in [0.2, 0.25) is 0 Å². The zero-order valence-corrected chi connectivity index (χ0v) is 8.32. The monoisotopic (exact) mass is 225 g/mol. The fourth-order valence-corrected chi connectivity index (χ4v) is 1.50. The van der Waals surface area contributed by atoms with Crippen molar-refractivity contribution in [3.05, 3.63) is 29.6 Å². The van der Waals surface area contributed by atoms with Crippen molar-refractivity contribution in [3.8, 4) is 5.75 Å². The molecule has 0 unspecified atom stereocenters. The average Bonchev–Trinajstić information content (AvgIpc) is 2.57. The maximum atomic E-state index is 13.5. The summed E-state index contributed by atoms with van der Waals surface area (Å²) in [6.07, 6.45) is -2.18. The van der Waals surface area contributed by atoms with Crippen LogP contribution in [0.3, 0.4) is 0 Å². The topological polar surface area (TPSA) is 64.6 Å². The van der Waals surface area contributed by atoms with Crippen molar-refractivity contribution >= 4 is 12.0 Å². The summed E-state index contributed by atoms with van der Waals surface area (Å²) < 4.78 is 23.1. The Morgan fingerprint density at radius 2 is 2.19 bits per heavy atom. The van der Waals surface area contributed by atoms with Crippen LogP contribution in [0.25, 0.3) is 0 Å². The van der Waals surface area contributed by atoms with Gasteiger partial charge in [0.2, 0.25) is 6.10 Å². The van der Waals surface area contributed by atoms with E-state index in [9.17, 15) is 14.0 Å². The normalized spacial score (nSPS) is 19.2. The molecule has 2 rings (SSSR count). The molecule has 1 heterocycles. The van der Waals surface area contributed by atoms with Gasteiger partial charge in [0.25, 0.3) is 5.91 Å². The predicted octanol–water partition coefficient (Wildman–Crippen LogP) is 1.14. The van der Waals surface area contributed by atoms with Crippen LogP contribution in [-0.4, -0.2) is 19.1 Å². The first kappa shape index (κ1) is 10.4. The van der Waals surface area contributed by atoms with E-state index in [1.807, 2.05) is 5.32 Å². The highest BCUT2D eigenvalue weighted by atomic mass is 19.1. The van der Waals surface area contributed by atoms with Gasteiger partial charge in [-0.25, -0.2) is 9.18 Å². The van der Waals surface area contributed by atoms with Gasteiger partial charge in [-0.15, -0.1) is 0 Å². The van der Waals surface area contributed by atoms with E-state index >= 15 is 0 Å². The highest BCUT2D eigenvalue weighted by molar-refractivity contribution is 6.00. The van der Waals surface area contributed by atoms with E-state index in [1.54, 1.807) is 0 Å². The number of cyclic esters (lactones) is 1. The van der Waals surface area contributed by atoms with Crippen LogP contribution in [0, 0.1) is 5.82 Å². The lowest BCUT2D eigenvalue weighted by atomic mass is 10.1. The summed E-state index contributed by atoms with van der Waals surface area (Å²) in [5, 5.41) is 1.92.